The van der Waals surface area contributed by atoms with Crippen LogP contribution in [0.2, 0.25) is 0 Å². The van der Waals surface area contributed by atoms with Crippen LogP contribution in [0, 0.1) is 23.7 Å². The second-order valence-corrected chi connectivity index (χ2v) is 7.34. The van der Waals surface area contributed by atoms with Gasteiger partial charge >= 0.3 is 5.97 Å². The fraction of sp³-hybridized carbons (Fsp3) is 0.941. The van der Waals surface area contributed by atoms with Gasteiger partial charge in [0.2, 0.25) is 0 Å². The summed E-state index contributed by atoms with van der Waals surface area (Å²) in [6, 6.07) is 0.232. The first-order valence-corrected chi connectivity index (χ1v) is 8.31. The van der Waals surface area contributed by atoms with Crippen molar-refractivity contribution in [1.29, 1.82) is 0 Å². The number of hydrogen-bond acceptors (Lipinski definition) is 2. The van der Waals surface area contributed by atoms with Gasteiger partial charge in [-0.2, -0.15) is 0 Å². The fourth-order valence-electron chi connectivity index (χ4n) is 3.58. The van der Waals surface area contributed by atoms with Gasteiger partial charge in [-0.15, -0.1) is 0 Å². The van der Waals surface area contributed by atoms with E-state index < -0.39 is 5.97 Å². The number of nitrogens with zero attached hydrogens (tertiary/aromatic N) is 1. The number of rotatable bonds is 7. The van der Waals surface area contributed by atoms with E-state index in [1.807, 2.05) is 0 Å². The first-order chi connectivity index (χ1) is 9.35. The Morgan fingerprint density at radius 2 is 1.70 bits per heavy atom. The number of hydrogen-bond donors (Lipinski definition) is 1. The van der Waals surface area contributed by atoms with Crippen molar-refractivity contribution in [1.82, 2.24) is 4.90 Å². The van der Waals surface area contributed by atoms with Gasteiger partial charge in [-0.25, -0.2) is 0 Å². The van der Waals surface area contributed by atoms with Crippen molar-refractivity contribution in [2.75, 3.05) is 13.1 Å². The van der Waals surface area contributed by atoms with Crippen LogP contribution >= 0.6 is 0 Å². The third-order valence-electron chi connectivity index (χ3n) is 4.49. The van der Waals surface area contributed by atoms with Gasteiger partial charge in [0.15, 0.2) is 0 Å². The molecule has 0 saturated heterocycles. The highest BCUT2D eigenvalue weighted by atomic mass is 16.4. The van der Waals surface area contributed by atoms with Crippen LogP contribution in [-0.4, -0.2) is 35.1 Å². The first kappa shape index (κ1) is 17.5. The number of carbonyl (C=O) groups is 1. The van der Waals surface area contributed by atoms with Gasteiger partial charge < -0.3 is 5.11 Å². The highest BCUT2D eigenvalue weighted by molar-refractivity contribution is 5.71. The zero-order valence-electron chi connectivity index (χ0n) is 13.9. The van der Waals surface area contributed by atoms with Gasteiger partial charge in [-0.05, 0) is 37.0 Å². The van der Waals surface area contributed by atoms with E-state index in [1.54, 1.807) is 0 Å². The molecule has 0 aliphatic heterocycles. The van der Waals surface area contributed by atoms with E-state index in [0.29, 0.717) is 17.8 Å². The summed E-state index contributed by atoms with van der Waals surface area (Å²) in [6.45, 7) is 13.2. The van der Waals surface area contributed by atoms with Gasteiger partial charge in [0.05, 0.1) is 5.92 Å². The van der Waals surface area contributed by atoms with Gasteiger partial charge in [-0.3, -0.25) is 9.69 Å². The second-order valence-electron chi connectivity index (χ2n) is 7.34. The predicted molar refractivity (Wildman–Crippen MR) is 83.8 cm³/mol. The highest BCUT2D eigenvalue weighted by Gasteiger charge is 2.38. The molecular formula is C17H33NO2. The molecule has 118 valence electrons. The maximum atomic E-state index is 11.6. The van der Waals surface area contributed by atoms with Crippen LogP contribution in [0.4, 0.5) is 0 Å². The molecule has 0 spiro atoms. The molecule has 0 aromatic rings. The molecule has 0 heterocycles. The van der Waals surface area contributed by atoms with Crippen molar-refractivity contribution in [2.24, 2.45) is 23.7 Å². The van der Waals surface area contributed by atoms with Crippen molar-refractivity contribution < 1.29 is 9.90 Å². The van der Waals surface area contributed by atoms with Crippen molar-refractivity contribution in [3.05, 3.63) is 0 Å². The molecule has 1 aliphatic carbocycles. The summed E-state index contributed by atoms with van der Waals surface area (Å²) >= 11 is 0. The fourth-order valence-corrected chi connectivity index (χ4v) is 3.58. The topological polar surface area (TPSA) is 40.5 Å². The molecule has 20 heavy (non-hydrogen) atoms. The van der Waals surface area contributed by atoms with E-state index in [2.05, 4.69) is 39.5 Å². The standard InChI is InChI=1S/C17H33NO2/c1-6-14-7-8-15(17(19)20)16(9-14)18(10-12(2)3)11-13(4)5/h12-16H,6-11H2,1-5H3,(H,19,20). The largest absolute Gasteiger partial charge is 0.481 e. The van der Waals surface area contributed by atoms with Gasteiger partial charge in [-0.1, -0.05) is 41.0 Å². The lowest BCUT2D eigenvalue weighted by Crippen LogP contribution is -2.49. The summed E-state index contributed by atoms with van der Waals surface area (Å²) in [5.74, 6) is 1.12. The lowest BCUT2D eigenvalue weighted by Gasteiger charge is -2.42. The minimum Gasteiger partial charge on any atom is -0.481 e. The predicted octanol–water partition coefficient (Wildman–Crippen LogP) is 3.88. The quantitative estimate of drug-likeness (QED) is 0.771. The Bertz CT molecular complexity index is 291. The van der Waals surface area contributed by atoms with Crippen LogP contribution in [-0.2, 0) is 4.79 Å². The van der Waals surface area contributed by atoms with E-state index in [-0.39, 0.29) is 12.0 Å². The Kier molecular flexibility index (Phi) is 7.01. The Labute approximate surface area is 124 Å². The molecule has 3 heteroatoms. The third kappa shape index (κ3) is 5.08. The molecule has 0 aromatic carbocycles. The maximum Gasteiger partial charge on any atom is 0.308 e. The van der Waals surface area contributed by atoms with Crippen LogP contribution < -0.4 is 0 Å². The SMILES string of the molecule is CCC1CCC(C(=O)O)C(N(CC(C)C)CC(C)C)C1. The molecule has 1 saturated carbocycles. The van der Waals surface area contributed by atoms with Crippen molar-refractivity contribution in [3.63, 3.8) is 0 Å². The van der Waals surface area contributed by atoms with Crippen LogP contribution in [0.25, 0.3) is 0 Å². The lowest BCUT2D eigenvalue weighted by atomic mass is 9.76. The Hall–Kier alpha value is -0.570. The molecule has 0 radical (unpaired) electrons. The average molecular weight is 283 g/mol. The molecule has 0 amide bonds. The summed E-state index contributed by atoms with van der Waals surface area (Å²) in [7, 11) is 0. The molecule has 1 N–H and O–H groups in total. The smallest absolute Gasteiger partial charge is 0.308 e. The van der Waals surface area contributed by atoms with Gasteiger partial charge in [0, 0.05) is 19.1 Å². The second kappa shape index (κ2) is 8.02. The van der Waals surface area contributed by atoms with Crippen molar-refractivity contribution >= 4 is 5.97 Å². The molecule has 1 aliphatic rings. The minimum absolute atomic E-state index is 0.171. The molecule has 3 unspecified atom stereocenters. The number of carboxylic acid groups (broad SMARTS) is 1. The van der Waals surface area contributed by atoms with Crippen LogP contribution in [0.1, 0.15) is 60.3 Å². The van der Waals surface area contributed by atoms with E-state index in [0.717, 1.165) is 32.4 Å². The third-order valence-corrected chi connectivity index (χ3v) is 4.49. The van der Waals surface area contributed by atoms with Crippen molar-refractivity contribution in [2.45, 2.75) is 66.3 Å². The zero-order chi connectivity index (χ0) is 15.3. The average Bonchev–Trinajstić information content (AvgIpc) is 2.36. The summed E-state index contributed by atoms with van der Waals surface area (Å²) in [6.07, 6.45) is 4.18. The van der Waals surface area contributed by atoms with E-state index in [1.165, 1.54) is 6.42 Å². The Morgan fingerprint density at radius 1 is 1.15 bits per heavy atom. The number of aliphatic carboxylic acids is 1. The van der Waals surface area contributed by atoms with Gasteiger partial charge in [0.1, 0.15) is 0 Å². The Balaban J connectivity index is 2.87. The maximum absolute atomic E-state index is 11.6. The van der Waals surface area contributed by atoms with Crippen LogP contribution in [0.5, 0.6) is 0 Å². The highest BCUT2D eigenvalue weighted by Crippen LogP contribution is 2.35. The van der Waals surface area contributed by atoms with E-state index in [9.17, 15) is 9.90 Å². The monoisotopic (exact) mass is 283 g/mol. The van der Waals surface area contributed by atoms with Crippen molar-refractivity contribution in [3.8, 4) is 0 Å². The van der Waals surface area contributed by atoms with Crippen LogP contribution in [0.15, 0.2) is 0 Å². The van der Waals surface area contributed by atoms with Crippen LogP contribution in [0.3, 0.4) is 0 Å². The molecule has 1 fully saturated rings. The van der Waals surface area contributed by atoms with Gasteiger partial charge in [0.25, 0.3) is 0 Å². The Morgan fingerprint density at radius 3 is 2.10 bits per heavy atom. The molecule has 0 bridgehead atoms. The number of carboxylic acids is 1. The minimum atomic E-state index is -0.595. The van der Waals surface area contributed by atoms with E-state index >= 15 is 0 Å². The molecule has 3 atom stereocenters. The zero-order valence-corrected chi connectivity index (χ0v) is 13.9. The molecule has 1 rings (SSSR count). The summed E-state index contributed by atoms with van der Waals surface area (Å²) < 4.78 is 0. The van der Waals surface area contributed by atoms with E-state index in [4.69, 9.17) is 0 Å². The molecular weight excluding hydrogens is 250 g/mol. The summed E-state index contributed by atoms with van der Waals surface area (Å²) in [4.78, 5) is 14.1. The lowest BCUT2D eigenvalue weighted by molar-refractivity contribution is -0.146. The summed E-state index contributed by atoms with van der Waals surface area (Å²) in [5.41, 5.74) is 0. The summed E-state index contributed by atoms with van der Waals surface area (Å²) in [5, 5.41) is 9.56. The first-order valence-electron chi connectivity index (χ1n) is 8.31. The molecule has 0 aromatic heterocycles. The normalized spacial score (nSPS) is 27.5. The molecule has 3 nitrogen and oxygen atoms in total.